The van der Waals surface area contributed by atoms with Gasteiger partial charge < -0.3 is 10.1 Å². The third kappa shape index (κ3) is 6.10. The maximum atomic E-state index is 13.7. The molecule has 4 nitrogen and oxygen atoms in total. The van der Waals surface area contributed by atoms with Crippen LogP contribution in [0.5, 0.6) is 5.75 Å². The molecular formula is C22H18BrFN2O2S. The highest BCUT2D eigenvalue weighted by Crippen LogP contribution is 2.26. The van der Waals surface area contributed by atoms with E-state index in [-0.39, 0.29) is 10.8 Å². The monoisotopic (exact) mass is 472 g/mol. The SMILES string of the molecule is O=C(NC(=S)Nc1ccccc1F)c1ccc(OCCc2ccccc2)c(Br)c1. The normalized spacial score (nSPS) is 10.3. The lowest BCUT2D eigenvalue weighted by Gasteiger charge is -2.12. The quantitative estimate of drug-likeness (QED) is 0.475. The molecule has 0 fully saturated rings. The number of hydrogen-bond acceptors (Lipinski definition) is 3. The maximum absolute atomic E-state index is 13.7. The van der Waals surface area contributed by atoms with Crippen LogP contribution in [0.1, 0.15) is 15.9 Å². The molecule has 0 bridgehead atoms. The van der Waals surface area contributed by atoms with E-state index in [1.165, 1.54) is 17.7 Å². The van der Waals surface area contributed by atoms with Gasteiger partial charge in [-0.2, -0.15) is 0 Å². The number of ether oxygens (including phenoxy) is 1. The number of anilines is 1. The summed E-state index contributed by atoms with van der Waals surface area (Å²) in [6.45, 7) is 0.519. The fourth-order valence-corrected chi connectivity index (χ4v) is 3.27. The largest absolute Gasteiger partial charge is 0.492 e. The zero-order valence-corrected chi connectivity index (χ0v) is 17.7. The van der Waals surface area contributed by atoms with Crippen molar-refractivity contribution < 1.29 is 13.9 Å². The summed E-state index contributed by atoms with van der Waals surface area (Å²) in [6.07, 6.45) is 0.783. The first-order valence-electron chi connectivity index (χ1n) is 8.86. The van der Waals surface area contributed by atoms with Gasteiger partial charge in [-0.1, -0.05) is 42.5 Å². The first-order valence-corrected chi connectivity index (χ1v) is 10.1. The Morgan fingerprint density at radius 1 is 1.03 bits per heavy atom. The van der Waals surface area contributed by atoms with Gasteiger partial charge in [-0.05, 0) is 64.0 Å². The molecule has 0 saturated carbocycles. The van der Waals surface area contributed by atoms with Crippen molar-refractivity contribution in [2.75, 3.05) is 11.9 Å². The van der Waals surface area contributed by atoms with Gasteiger partial charge in [0.05, 0.1) is 16.8 Å². The zero-order chi connectivity index (χ0) is 20.6. The van der Waals surface area contributed by atoms with Crippen molar-refractivity contribution in [3.8, 4) is 5.75 Å². The van der Waals surface area contributed by atoms with Crippen LogP contribution < -0.4 is 15.4 Å². The van der Waals surface area contributed by atoms with Crippen LogP contribution in [0.15, 0.2) is 77.3 Å². The van der Waals surface area contributed by atoms with Crippen LogP contribution in [-0.2, 0) is 6.42 Å². The molecule has 0 saturated heterocycles. The fraction of sp³-hybridized carbons (Fsp3) is 0.0909. The lowest BCUT2D eigenvalue weighted by Crippen LogP contribution is -2.34. The lowest BCUT2D eigenvalue weighted by molar-refractivity contribution is 0.0977. The third-order valence-electron chi connectivity index (χ3n) is 4.03. The van der Waals surface area contributed by atoms with E-state index in [4.69, 9.17) is 17.0 Å². The Kier molecular flexibility index (Phi) is 7.32. The fourth-order valence-electron chi connectivity index (χ4n) is 2.57. The summed E-state index contributed by atoms with van der Waals surface area (Å²) in [4.78, 5) is 12.4. The Bertz CT molecular complexity index is 1010. The average molecular weight is 473 g/mol. The van der Waals surface area contributed by atoms with Crippen LogP contribution in [0.3, 0.4) is 0 Å². The van der Waals surface area contributed by atoms with Gasteiger partial charge in [-0.25, -0.2) is 4.39 Å². The zero-order valence-electron chi connectivity index (χ0n) is 15.3. The highest BCUT2D eigenvalue weighted by molar-refractivity contribution is 9.10. The van der Waals surface area contributed by atoms with Crippen LogP contribution in [-0.4, -0.2) is 17.6 Å². The molecule has 7 heteroatoms. The minimum absolute atomic E-state index is 0.0133. The number of para-hydroxylation sites is 1. The number of amides is 1. The van der Waals surface area contributed by atoms with E-state index in [0.717, 1.165) is 6.42 Å². The van der Waals surface area contributed by atoms with Gasteiger partial charge in [-0.15, -0.1) is 0 Å². The van der Waals surface area contributed by atoms with Crippen LogP contribution in [0.2, 0.25) is 0 Å². The second-order valence-electron chi connectivity index (χ2n) is 6.12. The molecular weight excluding hydrogens is 455 g/mol. The highest BCUT2D eigenvalue weighted by atomic mass is 79.9. The predicted molar refractivity (Wildman–Crippen MR) is 120 cm³/mol. The van der Waals surface area contributed by atoms with E-state index in [9.17, 15) is 9.18 Å². The van der Waals surface area contributed by atoms with Gasteiger partial charge in [0.1, 0.15) is 11.6 Å². The summed E-state index contributed by atoms with van der Waals surface area (Å²) in [5.41, 5.74) is 1.78. The van der Waals surface area contributed by atoms with Gasteiger partial charge in [0.25, 0.3) is 5.91 Å². The highest BCUT2D eigenvalue weighted by Gasteiger charge is 2.12. The average Bonchev–Trinajstić information content (AvgIpc) is 2.71. The van der Waals surface area contributed by atoms with E-state index in [1.807, 2.05) is 30.3 Å². The number of nitrogens with one attached hydrogen (secondary N) is 2. The minimum Gasteiger partial charge on any atom is -0.492 e. The first kappa shape index (κ1) is 21.0. The minimum atomic E-state index is -0.455. The van der Waals surface area contributed by atoms with Gasteiger partial charge >= 0.3 is 0 Å². The van der Waals surface area contributed by atoms with E-state index in [1.54, 1.807) is 30.3 Å². The predicted octanol–water partition coefficient (Wildman–Crippen LogP) is 5.34. The molecule has 0 aliphatic rings. The molecule has 0 atom stereocenters. The van der Waals surface area contributed by atoms with E-state index < -0.39 is 11.7 Å². The Hall–Kier alpha value is -2.77. The van der Waals surface area contributed by atoms with Crippen LogP contribution in [0, 0.1) is 5.82 Å². The molecule has 3 aromatic rings. The van der Waals surface area contributed by atoms with Crippen molar-refractivity contribution in [3.05, 3.63) is 94.2 Å². The van der Waals surface area contributed by atoms with Crippen molar-refractivity contribution in [3.63, 3.8) is 0 Å². The Morgan fingerprint density at radius 2 is 1.76 bits per heavy atom. The molecule has 29 heavy (non-hydrogen) atoms. The Labute approximate surface area is 182 Å². The van der Waals surface area contributed by atoms with Gasteiger partial charge in [0.2, 0.25) is 0 Å². The Balaban J connectivity index is 1.55. The van der Waals surface area contributed by atoms with Crippen LogP contribution in [0.4, 0.5) is 10.1 Å². The second-order valence-corrected chi connectivity index (χ2v) is 7.38. The van der Waals surface area contributed by atoms with Crippen LogP contribution >= 0.6 is 28.1 Å². The van der Waals surface area contributed by atoms with Crippen molar-refractivity contribution in [1.82, 2.24) is 5.32 Å². The topological polar surface area (TPSA) is 50.4 Å². The summed E-state index contributed by atoms with van der Waals surface area (Å²) < 4.78 is 20.1. The van der Waals surface area contributed by atoms with Crippen molar-refractivity contribution in [1.29, 1.82) is 0 Å². The smallest absolute Gasteiger partial charge is 0.257 e. The number of carbonyl (C=O) groups excluding carboxylic acids is 1. The first-order chi connectivity index (χ1) is 14.0. The molecule has 3 aromatic carbocycles. The summed E-state index contributed by atoms with van der Waals surface area (Å²) in [5, 5.41) is 5.22. The van der Waals surface area contributed by atoms with Gasteiger partial charge in [0.15, 0.2) is 5.11 Å². The maximum Gasteiger partial charge on any atom is 0.257 e. The molecule has 148 valence electrons. The standard InChI is InChI=1S/C22H18BrFN2O2S/c23-17-14-16(10-11-20(17)28-13-12-15-6-2-1-3-7-15)21(27)26-22(29)25-19-9-5-4-8-18(19)24/h1-11,14H,12-13H2,(H2,25,26,27,29). The van der Waals surface area contributed by atoms with Gasteiger partial charge in [-0.3, -0.25) is 10.1 Å². The third-order valence-corrected chi connectivity index (χ3v) is 4.86. The molecule has 2 N–H and O–H groups in total. The Morgan fingerprint density at radius 3 is 2.48 bits per heavy atom. The molecule has 0 aliphatic heterocycles. The van der Waals surface area contributed by atoms with Crippen LogP contribution in [0.25, 0.3) is 0 Å². The lowest BCUT2D eigenvalue weighted by atomic mass is 10.2. The van der Waals surface area contributed by atoms with Crippen molar-refractivity contribution in [2.45, 2.75) is 6.42 Å². The van der Waals surface area contributed by atoms with Crippen molar-refractivity contribution >= 4 is 44.9 Å². The summed E-state index contributed by atoms with van der Waals surface area (Å²) in [7, 11) is 0. The number of carbonyl (C=O) groups is 1. The molecule has 0 radical (unpaired) electrons. The van der Waals surface area contributed by atoms with E-state index >= 15 is 0 Å². The second kappa shape index (κ2) is 10.1. The summed E-state index contributed by atoms with van der Waals surface area (Å²) in [5.74, 6) is -0.219. The van der Waals surface area contributed by atoms with Gasteiger partial charge in [0, 0.05) is 12.0 Å². The molecule has 0 aromatic heterocycles. The summed E-state index contributed by atoms with van der Waals surface area (Å²) >= 11 is 8.52. The molecule has 0 aliphatic carbocycles. The number of halogens is 2. The number of rotatable bonds is 6. The van der Waals surface area contributed by atoms with Crippen molar-refractivity contribution in [2.24, 2.45) is 0 Å². The van der Waals surface area contributed by atoms with E-state index in [2.05, 4.69) is 26.6 Å². The molecule has 3 rings (SSSR count). The van der Waals surface area contributed by atoms with E-state index in [0.29, 0.717) is 22.4 Å². The number of benzene rings is 3. The summed E-state index contributed by atoms with van der Waals surface area (Å²) in [6, 6.07) is 21.1. The number of thiocarbonyl (C=S) groups is 1. The molecule has 0 heterocycles. The molecule has 0 spiro atoms. The number of hydrogen-bond donors (Lipinski definition) is 2. The molecule has 0 unspecified atom stereocenters. The molecule has 1 amide bonds.